The van der Waals surface area contributed by atoms with Crippen LogP contribution in [0.4, 0.5) is 5.69 Å². The van der Waals surface area contributed by atoms with Gasteiger partial charge in [0.05, 0.1) is 72.8 Å². The van der Waals surface area contributed by atoms with Gasteiger partial charge >= 0.3 is 0 Å². The van der Waals surface area contributed by atoms with E-state index in [-0.39, 0.29) is 10.8 Å². The molecule has 2 aliphatic rings. The van der Waals surface area contributed by atoms with E-state index in [0.29, 0.717) is 5.69 Å². The van der Waals surface area contributed by atoms with Crippen LogP contribution in [0, 0.1) is 6.57 Å². The highest BCUT2D eigenvalue weighted by Crippen LogP contribution is 2.55. The number of aromatic nitrogens is 6. The van der Waals surface area contributed by atoms with Gasteiger partial charge in [0.1, 0.15) is 0 Å². The zero-order valence-corrected chi connectivity index (χ0v) is 79.9. The van der Waals surface area contributed by atoms with Crippen LogP contribution < -0.4 is 0 Å². The van der Waals surface area contributed by atoms with Crippen molar-refractivity contribution in [3.63, 3.8) is 0 Å². The van der Waals surface area contributed by atoms with Crippen LogP contribution in [0.25, 0.3) is 247 Å². The van der Waals surface area contributed by atoms with Gasteiger partial charge in [-0.25, -0.2) is 4.85 Å². The van der Waals surface area contributed by atoms with E-state index >= 15 is 0 Å². The molecule has 144 heavy (non-hydrogen) atoms. The molecule has 28 aromatic rings. The van der Waals surface area contributed by atoms with Gasteiger partial charge in [0.15, 0.2) is 5.69 Å². The van der Waals surface area contributed by atoms with Crippen molar-refractivity contribution < 1.29 is 0 Å². The van der Waals surface area contributed by atoms with Gasteiger partial charge in [-0.2, -0.15) is 0 Å². The molecule has 2 aliphatic carbocycles. The topological polar surface area (TPSA) is 33.9 Å². The second-order valence-electron chi connectivity index (χ2n) is 39.7. The Kier molecular flexibility index (Phi) is 19.0. The standard InChI is InChI=1S/C47H29N3.2C45H32N2/c1-48-37-21-27-47-43(30-37)41-11-5-7-13-45(41)50(47)39-24-18-33(19-25-39)36-20-26-46-42(29-36)40-10-4-6-12-44(40)49(46)38-22-16-32(17-23-38)35-15-14-31-8-2-3-9-34(31)28-35;1-45(2)39-19-11-9-17-33(39)35-27-38-36-25-30(29-13-5-3-6-14-29)21-23-42(36)47(44(38)28-40(35)45)32-22-24-43-37(26-32)34-18-10-12-20-41(34)46(43)31-15-7-4-8-16-31;1-45(2)39-20-9-6-17-33(39)36-27-38-35-19-8-11-22-42(35)47(44(38)28-40(36)45)32-16-12-13-29(25-32)30-23-24-43-37(26-30)34-18-7-10-21-41(34)46(43)31-14-4-3-5-15-31/h2-30H;2*3-28H,1-2H3. The molecule has 6 aromatic heterocycles. The molecule has 676 valence electrons. The number of rotatable bonds is 10. The summed E-state index contributed by atoms with van der Waals surface area (Å²) < 4.78 is 14.4. The fraction of sp³-hybridized carbons (Fsp3) is 0.0438. The van der Waals surface area contributed by atoms with Gasteiger partial charge in [-0.3, -0.25) is 0 Å². The fourth-order valence-electron chi connectivity index (χ4n) is 24.2. The van der Waals surface area contributed by atoms with Crippen molar-refractivity contribution in [3.8, 4) is 101 Å². The minimum absolute atomic E-state index is 0.0579. The van der Waals surface area contributed by atoms with Crippen molar-refractivity contribution in [2.75, 3.05) is 0 Å². The zero-order chi connectivity index (χ0) is 95.7. The molecule has 0 atom stereocenters. The molecular formula is C137H93N7. The smallest absolute Gasteiger partial charge is 0.188 e. The molecule has 0 amide bonds. The van der Waals surface area contributed by atoms with E-state index in [1.165, 1.54) is 232 Å². The average Bonchev–Trinajstić information content (AvgIpc) is 1.55. The highest BCUT2D eigenvalue weighted by molar-refractivity contribution is 6.18. The summed E-state index contributed by atoms with van der Waals surface area (Å²) in [6, 6.07) is 179. The molecule has 0 aliphatic heterocycles. The maximum absolute atomic E-state index is 7.52. The van der Waals surface area contributed by atoms with E-state index in [2.05, 4.69) is 539 Å². The van der Waals surface area contributed by atoms with Gasteiger partial charge in [0, 0.05) is 104 Å². The van der Waals surface area contributed by atoms with Gasteiger partial charge < -0.3 is 27.4 Å². The molecule has 7 heteroatoms. The molecule has 6 heterocycles. The molecule has 0 saturated carbocycles. The third kappa shape index (κ3) is 13.1. The number of para-hydroxylation sites is 7. The fourth-order valence-corrected chi connectivity index (χ4v) is 24.2. The van der Waals surface area contributed by atoms with Crippen LogP contribution in [0.15, 0.2) is 491 Å². The first-order valence-corrected chi connectivity index (χ1v) is 49.8. The van der Waals surface area contributed by atoms with Crippen LogP contribution in [0.3, 0.4) is 0 Å². The summed E-state index contributed by atoms with van der Waals surface area (Å²) in [4.78, 5) is 3.68. The lowest BCUT2D eigenvalue weighted by Gasteiger charge is -2.21. The predicted octanol–water partition coefficient (Wildman–Crippen LogP) is 36.6. The lowest BCUT2D eigenvalue weighted by Crippen LogP contribution is -2.14. The highest BCUT2D eigenvalue weighted by atomic mass is 15.0. The lowest BCUT2D eigenvalue weighted by molar-refractivity contribution is 0.661. The average molecular weight is 1840 g/mol. The Morgan fingerprint density at radius 2 is 0.438 bits per heavy atom. The predicted molar refractivity (Wildman–Crippen MR) is 606 cm³/mol. The third-order valence-electron chi connectivity index (χ3n) is 31.1. The Bertz CT molecular complexity index is 10200. The van der Waals surface area contributed by atoms with Crippen molar-refractivity contribution in [1.82, 2.24) is 27.4 Å². The lowest BCUT2D eigenvalue weighted by atomic mass is 9.82. The Labute approximate surface area is 833 Å². The number of hydrogen-bond donors (Lipinski definition) is 0. The van der Waals surface area contributed by atoms with Crippen molar-refractivity contribution in [2.45, 2.75) is 38.5 Å². The van der Waals surface area contributed by atoms with Gasteiger partial charge in [0.2, 0.25) is 0 Å². The number of nitrogens with zero attached hydrogens (tertiary/aromatic N) is 7. The molecule has 0 N–H and O–H groups in total. The van der Waals surface area contributed by atoms with Gasteiger partial charge in [-0.15, -0.1) is 0 Å². The summed E-state index contributed by atoms with van der Waals surface area (Å²) >= 11 is 0. The minimum atomic E-state index is -0.0797. The molecule has 30 rings (SSSR count). The van der Waals surface area contributed by atoms with Crippen LogP contribution in [0.5, 0.6) is 0 Å². The van der Waals surface area contributed by atoms with E-state index in [0.717, 1.165) is 33.2 Å². The molecular weight excluding hydrogens is 1740 g/mol. The molecule has 0 saturated heterocycles. The zero-order valence-electron chi connectivity index (χ0n) is 79.9. The SMILES string of the molecule is CC1(C)c2ccccc2-c2cc3c4cc(-c5ccccc5)ccc4n(-c4ccc5c(c4)c4ccccc4n5-c4ccccc4)c3cc21.CC1(C)c2ccccc2-c2cc3c4ccccc4n(-c4cccc(-c5ccc6c(c5)c5ccccc5n6-c5ccccc5)c4)c3cc21.[C-]#[N+]c1ccc2c(c1)c1ccccc1n2-c1ccc(-c2ccc3c(c2)c2ccccc2n3-c2ccc(-c3ccc4ccccc4c3)cc2)cc1. The maximum Gasteiger partial charge on any atom is 0.188 e. The molecule has 7 nitrogen and oxygen atoms in total. The summed E-state index contributed by atoms with van der Waals surface area (Å²) in [6.45, 7) is 17.0. The van der Waals surface area contributed by atoms with Crippen LogP contribution in [-0.4, -0.2) is 27.4 Å². The first kappa shape index (κ1) is 83.5. The van der Waals surface area contributed by atoms with Crippen molar-refractivity contribution in [2.24, 2.45) is 0 Å². The Hall–Kier alpha value is -18.6. The second kappa shape index (κ2) is 32.8. The van der Waals surface area contributed by atoms with Gasteiger partial charge in [0.25, 0.3) is 0 Å². The number of fused-ring (bicyclic) bond motifs is 25. The number of benzene rings is 22. The molecule has 0 spiro atoms. The molecule has 0 fully saturated rings. The van der Waals surface area contributed by atoms with E-state index in [9.17, 15) is 0 Å². The monoisotopic (exact) mass is 1840 g/mol. The van der Waals surface area contributed by atoms with Crippen molar-refractivity contribution >= 4 is 147 Å². The first-order chi connectivity index (χ1) is 70.9. The summed E-state index contributed by atoms with van der Waals surface area (Å²) in [6.07, 6.45) is 0. The van der Waals surface area contributed by atoms with Crippen LogP contribution in [0.2, 0.25) is 0 Å². The van der Waals surface area contributed by atoms with E-state index in [4.69, 9.17) is 6.57 Å². The third-order valence-corrected chi connectivity index (χ3v) is 31.1. The molecule has 22 aromatic carbocycles. The van der Waals surface area contributed by atoms with Crippen LogP contribution in [0.1, 0.15) is 49.9 Å². The summed E-state index contributed by atoms with van der Waals surface area (Å²) in [7, 11) is 0. The summed E-state index contributed by atoms with van der Waals surface area (Å²) in [5.41, 5.74) is 42.6. The largest absolute Gasteiger partial charge is 0.309 e. The second-order valence-corrected chi connectivity index (χ2v) is 39.7. The van der Waals surface area contributed by atoms with Gasteiger partial charge in [-0.1, -0.05) is 331 Å². The van der Waals surface area contributed by atoms with Crippen molar-refractivity contribution in [1.29, 1.82) is 0 Å². The summed E-state index contributed by atoms with van der Waals surface area (Å²) in [5.74, 6) is 0. The minimum Gasteiger partial charge on any atom is -0.309 e. The summed E-state index contributed by atoms with van der Waals surface area (Å²) in [5, 5.41) is 17.4. The van der Waals surface area contributed by atoms with E-state index in [1.54, 1.807) is 0 Å². The Balaban J connectivity index is 0.000000105. The van der Waals surface area contributed by atoms with Gasteiger partial charge in [-0.05, 0) is 293 Å². The first-order valence-electron chi connectivity index (χ1n) is 49.8. The normalized spacial score (nSPS) is 12.8. The van der Waals surface area contributed by atoms with Crippen LogP contribution in [-0.2, 0) is 10.8 Å². The Morgan fingerprint density at radius 3 is 0.896 bits per heavy atom. The molecule has 0 unspecified atom stereocenters. The maximum atomic E-state index is 7.52. The number of hydrogen-bond acceptors (Lipinski definition) is 0. The quantitative estimate of drug-likeness (QED) is 0.122. The van der Waals surface area contributed by atoms with Crippen molar-refractivity contribution in [3.05, 3.63) is 525 Å². The molecule has 0 bridgehead atoms. The molecule has 0 radical (unpaired) electrons. The highest BCUT2D eigenvalue weighted by Gasteiger charge is 2.39. The van der Waals surface area contributed by atoms with E-state index in [1.807, 2.05) is 12.1 Å². The van der Waals surface area contributed by atoms with E-state index < -0.39 is 0 Å². The Morgan fingerprint density at radius 1 is 0.160 bits per heavy atom. The van der Waals surface area contributed by atoms with Crippen LogP contribution >= 0.6 is 0 Å².